The molecule has 0 spiro atoms. The highest BCUT2D eigenvalue weighted by molar-refractivity contribution is 5.62. The van der Waals surface area contributed by atoms with Gasteiger partial charge in [0.2, 0.25) is 0 Å². The molecule has 0 unspecified atom stereocenters. The van der Waals surface area contributed by atoms with Crippen molar-refractivity contribution >= 4 is 11.5 Å². The third-order valence-corrected chi connectivity index (χ3v) is 3.02. The summed E-state index contributed by atoms with van der Waals surface area (Å²) in [4.78, 5) is 6.43. The molecule has 1 aromatic rings. The van der Waals surface area contributed by atoms with Gasteiger partial charge in [0.05, 0.1) is 5.69 Å². The first-order valence-electron chi connectivity index (χ1n) is 5.86. The van der Waals surface area contributed by atoms with E-state index in [0.717, 1.165) is 18.9 Å². The van der Waals surface area contributed by atoms with E-state index in [9.17, 15) is 0 Å². The van der Waals surface area contributed by atoms with Crippen LogP contribution in [0.25, 0.3) is 0 Å². The van der Waals surface area contributed by atoms with Crippen molar-refractivity contribution in [2.24, 2.45) is 0 Å². The average Bonchev–Trinajstić information content (AvgIpc) is 2.73. The molecule has 1 aromatic heterocycles. The monoisotopic (exact) mass is 237 g/mol. The molecule has 1 aliphatic rings. The molecule has 0 aliphatic carbocycles. The molecular formula is C12H19N3O2. The molecule has 5 nitrogen and oxygen atoms in total. The fourth-order valence-electron chi connectivity index (χ4n) is 2.19. The average molecular weight is 237 g/mol. The summed E-state index contributed by atoms with van der Waals surface area (Å²) < 4.78 is 11.1. The van der Waals surface area contributed by atoms with Gasteiger partial charge in [-0.15, -0.1) is 0 Å². The van der Waals surface area contributed by atoms with Crippen molar-refractivity contribution in [2.75, 3.05) is 37.4 Å². The second kappa shape index (κ2) is 5.33. The number of nitrogens with zero attached hydrogens (tertiary/aromatic N) is 2. The van der Waals surface area contributed by atoms with E-state index in [1.165, 1.54) is 0 Å². The van der Waals surface area contributed by atoms with Crippen LogP contribution >= 0.6 is 0 Å². The van der Waals surface area contributed by atoms with Crippen molar-refractivity contribution in [3.8, 4) is 0 Å². The fraction of sp³-hybridized carbons (Fsp3) is 0.583. The minimum atomic E-state index is 0.0800. The van der Waals surface area contributed by atoms with Crippen molar-refractivity contribution < 1.29 is 9.47 Å². The molecule has 0 bridgehead atoms. The van der Waals surface area contributed by atoms with Crippen molar-refractivity contribution in [1.29, 1.82) is 0 Å². The minimum Gasteiger partial charge on any atom is -0.396 e. The summed E-state index contributed by atoms with van der Waals surface area (Å²) >= 11 is 0. The molecule has 2 heterocycles. The zero-order chi connectivity index (χ0) is 12.3. The van der Waals surface area contributed by atoms with E-state index in [-0.39, 0.29) is 12.2 Å². The molecular weight excluding hydrogens is 218 g/mol. The van der Waals surface area contributed by atoms with Gasteiger partial charge >= 0.3 is 0 Å². The van der Waals surface area contributed by atoms with Crippen LogP contribution in [0.3, 0.4) is 0 Å². The number of methoxy groups -OCH3 is 1. The number of hydrogen-bond acceptors (Lipinski definition) is 5. The topological polar surface area (TPSA) is 60.6 Å². The Morgan fingerprint density at radius 3 is 2.88 bits per heavy atom. The molecule has 1 fully saturated rings. The molecule has 94 valence electrons. The Balaban J connectivity index is 2.12. The number of hydrogen-bond donors (Lipinski definition) is 1. The molecule has 17 heavy (non-hydrogen) atoms. The standard InChI is InChI=1S/C12H19N3O2/c1-3-17-11-8-15(7-10(11)16-2)12-9(13)5-4-6-14-12/h4-6,10-11H,3,7-8,13H2,1-2H3/t10-,11+/m0/s1. The van der Waals surface area contributed by atoms with Gasteiger partial charge in [0, 0.05) is 33.0 Å². The maximum absolute atomic E-state index is 5.92. The van der Waals surface area contributed by atoms with Crippen LogP contribution in [0.2, 0.25) is 0 Å². The second-order valence-electron chi connectivity index (χ2n) is 4.09. The predicted octanol–water partition coefficient (Wildman–Crippen LogP) is 0.904. The molecule has 1 aliphatic heterocycles. The van der Waals surface area contributed by atoms with Gasteiger partial charge in [-0.25, -0.2) is 4.98 Å². The molecule has 5 heteroatoms. The molecule has 0 amide bonds. The SMILES string of the molecule is CCO[C@@H]1CN(c2ncccc2N)C[C@@H]1OC. The van der Waals surface area contributed by atoms with Crippen molar-refractivity contribution in [3.63, 3.8) is 0 Å². The highest BCUT2D eigenvalue weighted by Gasteiger charge is 2.34. The van der Waals surface area contributed by atoms with Gasteiger partial charge in [-0.3, -0.25) is 0 Å². The second-order valence-corrected chi connectivity index (χ2v) is 4.09. The molecule has 0 aromatic carbocycles. The van der Waals surface area contributed by atoms with Gasteiger partial charge in [-0.05, 0) is 19.1 Å². The zero-order valence-electron chi connectivity index (χ0n) is 10.3. The first kappa shape index (κ1) is 12.1. The van der Waals surface area contributed by atoms with Crippen LogP contribution in [-0.2, 0) is 9.47 Å². The highest BCUT2D eigenvalue weighted by atomic mass is 16.5. The fourth-order valence-corrected chi connectivity index (χ4v) is 2.19. The maximum Gasteiger partial charge on any atom is 0.151 e. The summed E-state index contributed by atoms with van der Waals surface area (Å²) in [7, 11) is 1.71. The van der Waals surface area contributed by atoms with Crippen LogP contribution in [0.1, 0.15) is 6.92 Å². The summed E-state index contributed by atoms with van der Waals surface area (Å²) in [5, 5.41) is 0. The van der Waals surface area contributed by atoms with Crippen LogP contribution in [0.4, 0.5) is 11.5 Å². The van der Waals surface area contributed by atoms with E-state index in [2.05, 4.69) is 9.88 Å². The molecule has 2 N–H and O–H groups in total. The lowest BCUT2D eigenvalue weighted by Crippen LogP contribution is -2.28. The molecule has 2 atom stereocenters. The van der Waals surface area contributed by atoms with Crippen molar-refractivity contribution in [2.45, 2.75) is 19.1 Å². The summed E-state index contributed by atoms with van der Waals surface area (Å²) in [5.41, 5.74) is 6.61. The van der Waals surface area contributed by atoms with Crippen LogP contribution in [0, 0.1) is 0 Å². The number of nitrogens with two attached hydrogens (primary N) is 1. The van der Waals surface area contributed by atoms with Gasteiger partial charge in [0.1, 0.15) is 12.2 Å². The number of nitrogen functional groups attached to an aromatic ring is 1. The van der Waals surface area contributed by atoms with E-state index in [0.29, 0.717) is 12.3 Å². The molecule has 2 rings (SSSR count). The third-order valence-electron chi connectivity index (χ3n) is 3.02. The Kier molecular flexibility index (Phi) is 3.81. The summed E-state index contributed by atoms with van der Waals surface area (Å²) in [6.45, 7) is 4.22. The van der Waals surface area contributed by atoms with Crippen LogP contribution in [0.5, 0.6) is 0 Å². The summed E-state index contributed by atoms with van der Waals surface area (Å²) in [5.74, 6) is 0.816. The Morgan fingerprint density at radius 1 is 1.47 bits per heavy atom. The highest BCUT2D eigenvalue weighted by Crippen LogP contribution is 2.26. The Bertz CT molecular complexity index is 373. The van der Waals surface area contributed by atoms with Gasteiger partial charge in [-0.1, -0.05) is 0 Å². The summed E-state index contributed by atoms with van der Waals surface area (Å²) in [6, 6.07) is 3.70. The van der Waals surface area contributed by atoms with Crippen LogP contribution in [-0.4, -0.2) is 44.0 Å². The number of pyridine rings is 1. The van der Waals surface area contributed by atoms with Gasteiger partial charge < -0.3 is 20.1 Å². The molecule has 0 radical (unpaired) electrons. The predicted molar refractivity (Wildman–Crippen MR) is 67.1 cm³/mol. The molecule has 1 saturated heterocycles. The van der Waals surface area contributed by atoms with Gasteiger partial charge in [0.15, 0.2) is 5.82 Å². The van der Waals surface area contributed by atoms with Crippen LogP contribution < -0.4 is 10.6 Å². The van der Waals surface area contributed by atoms with Gasteiger partial charge in [-0.2, -0.15) is 0 Å². The quantitative estimate of drug-likeness (QED) is 0.843. The van der Waals surface area contributed by atoms with E-state index in [1.807, 2.05) is 19.1 Å². The van der Waals surface area contributed by atoms with Crippen molar-refractivity contribution in [3.05, 3.63) is 18.3 Å². The Morgan fingerprint density at radius 2 is 2.24 bits per heavy atom. The van der Waals surface area contributed by atoms with Gasteiger partial charge in [0.25, 0.3) is 0 Å². The lowest BCUT2D eigenvalue weighted by Gasteiger charge is -2.18. The number of anilines is 2. The van der Waals surface area contributed by atoms with E-state index in [1.54, 1.807) is 13.3 Å². The first-order valence-corrected chi connectivity index (χ1v) is 5.86. The summed E-state index contributed by atoms with van der Waals surface area (Å²) in [6.07, 6.45) is 1.92. The smallest absolute Gasteiger partial charge is 0.151 e. The lowest BCUT2D eigenvalue weighted by atomic mass is 10.2. The number of ether oxygens (including phenoxy) is 2. The Hall–Kier alpha value is -1.33. The largest absolute Gasteiger partial charge is 0.396 e. The lowest BCUT2D eigenvalue weighted by molar-refractivity contribution is -0.0232. The van der Waals surface area contributed by atoms with E-state index in [4.69, 9.17) is 15.2 Å². The normalized spacial score (nSPS) is 24.2. The van der Waals surface area contributed by atoms with Crippen molar-refractivity contribution in [1.82, 2.24) is 4.98 Å². The zero-order valence-corrected chi connectivity index (χ0v) is 10.3. The Labute approximate surface area is 102 Å². The third kappa shape index (κ3) is 2.50. The first-order chi connectivity index (χ1) is 8.26. The molecule has 0 saturated carbocycles. The van der Waals surface area contributed by atoms with Crippen LogP contribution in [0.15, 0.2) is 18.3 Å². The van der Waals surface area contributed by atoms with E-state index < -0.39 is 0 Å². The maximum atomic E-state index is 5.92. The number of rotatable bonds is 4. The minimum absolute atomic E-state index is 0.0800. The van der Waals surface area contributed by atoms with E-state index >= 15 is 0 Å². The number of aromatic nitrogens is 1.